The molecule has 0 aromatic heterocycles. The molecule has 1 N–H and O–H groups in total. The second kappa shape index (κ2) is 9.32. The number of fused-ring (bicyclic) bond motifs is 1. The van der Waals surface area contributed by atoms with Gasteiger partial charge in [-0.1, -0.05) is 41.5 Å². The van der Waals surface area contributed by atoms with Gasteiger partial charge in [-0.15, -0.1) is 0 Å². The third kappa shape index (κ3) is 5.06. The fraction of sp³-hybridized carbons (Fsp3) is 0.500. The maximum absolute atomic E-state index is 13.4. The molecule has 0 fully saturated rings. The smallest absolute Gasteiger partial charge is 0.255 e. The molecule has 0 bridgehead atoms. The first-order valence-electron chi connectivity index (χ1n) is 11.9. The predicted molar refractivity (Wildman–Crippen MR) is 133 cm³/mol. The van der Waals surface area contributed by atoms with E-state index >= 15 is 0 Å². The Balaban J connectivity index is 1.93. The molecule has 1 amide bonds. The molecule has 0 spiro atoms. The number of nitrogens with zero attached hydrogens (tertiary/aromatic N) is 1. The maximum Gasteiger partial charge on any atom is 0.255 e. The molecule has 0 saturated heterocycles. The number of amides is 1. The highest BCUT2D eigenvalue weighted by Gasteiger charge is 2.32. The van der Waals surface area contributed by atoms with Crippen LogP contribution in [0.15, 0.2) is 24.3 Å². The van der Waals surface area contributed by atoms with Crippen molar-refractivity contribution in [1.82, 2.24) is 4.90 Å². The second-order valence-electron chi connectivity index (χ2n) is 10.8. The van der Waals surface area contributed by atoms with Crippen LogP contribution >= 0.6 is 0 Å². The van der Waals surface area contributed by atoms with Crippen LogP contribution in [0.1, 0.15) is 92.8 Å². The Bertz CT molecular complexity index is 1070. The van der Waals surface area contributed by atoms with E-state index in [0.29, 0.717) is 42.4 Å². The van der Waals surface area contributed by atoms with Gasteiger partial charge in [-0.25, -0.2) is 0 Å². The van der Waals surface area contributed by atoms with E-state index in [2.05, 4.69) is 0 Å². The molecular formula is C28H37NO5. The van der Waals surface area contributed by atoms with Crippen LogP contribution in [-0.2, 0) is 17.4 Å². The van der Waals surface area contributed by atoms with Crippen LogP contribution in [0.3, 0.4) is 0 Å². The van der Waals surface area contributed by atoms with E-state index in [-0.39, 0.29) is 34.8 Å². The zero-order valence-electron chi connectivity index (χ0n) is 21.7. The molecule has 6 nitrogen and oxygen atoms in total. The monoisotopic (exact) mass is 467 g/mol. The van der Waals surface area contributed by atoms with Gasteiger partial charge in [0.05, 0.1) is 19.8 Å². The van der Waals surface area contributed by atoms with Crippen molar-refractivity contribution in [3.05, 3.63) is 52.1 Å². The van der Waals surface area contributed by atoms with E-state index in [1.807, 2.05) is 61.5 Å². The number of carbonyl (C=O) groups excluding carboxylic acids is 2. The highest BCUT2D eigenvalue weighted by atomic mass is 16.5. The van der Waals surface area contributed by atoms with Crippen LogP contribution < -0.4 is 9.47 Å². The molecule has 0 unspecified atom stereocenters. The molecule has 2 aromatic carbocycles. The summed E-state index contributed by atoms with van der Waals surface area (Å²) >= 11 is 0. The summed E-state index contributed by atoms with van der Waals surface area (Å²) in [5.41, 5.74) is 2.62. The van der Waals surface area contributed by atoms with E-state index in [1.54, 1.807) is 23.1 Å². The Morgan fingerprint density at radius 1 is 0.912 bits per heavy atom. The normalized spacial score (nSPS) is 13.8. The number of carbonyl (C=O) groups is 2. The van der Waals surface area contributed by atoms with E-state index in [9.17, 15) is 14.7 Å². The largest absolute Gasteiger partial charge is 0.507 e. The van der Waals surface area contributed by atoms with Crippen molar-refractivity contribution in [2.24, 2.45) is 0 Å². The number of phenols is 1. The molecule has 1 aliphatic heterocycles. The Hall–Kier alpha value is -3.02. The second-order valence-corrected chi connectivity index (χ2v) is 10.8. The van der Waals surface area contributed by atoms with E-state index in [0.717, 1.165) is 16.7 Å². The van der Waals surface area contributed by atoms with Crippen molar-refractivity contribution in [3.63, 3.8) is 0 Å². The van der Waals surface area contributed by atoms with E-state index in [4.69, 9.17) is 9.47 Å². The van der Waals surface area contributed by atoms with Crippen molar-refractivity contribution >= 4 is 11.7 Å². The van der Waals surface area contributed by atoms with Crippen LogP contribution in [0.2, 0.25) is 0 Å². The number of hydrogen-bond acceptors (Lipinski definition) is 5. The van der Waals surface area contributed by atoms with Crippen LogP contribution in [0, 0.1) is 0 Å². The topological polar surface area (TPSA) is 76.1 Å². The average molecular weight is 468 g/mol. The summed E-state index contributed by atoms with van der Waals surface area (Å²) in [6.07, 6.45) is 0. The van der Waals surface area contributed by atoms with Crippen LogP contribution in [0.4, 0.5) is 0 Å². The summed E-state index contributed by atoms with van der Waals surface area (Å²) in [5.74, 6) is 1.01. The van der Waals surface area contributed by atoms with Crippen molar-refractivity contribution in [3.8, 4) is 17.2 Å². The third-order valence-corrected chi connectivity index (χ3v) is 6.03. The highest BCUT2D eigenvalue weighted by molar-refractivity contribution is 6.04. The molecule has 184 valence electrons. The van der Waals surface area contributed by atoms with Gasteiger partial charge >= 0.3 is 0 Å². The fourth-order valence-corrected chi connectivity index (χ4v) is 4.25. The summed E-state index contributed by atoms with van der Waals surface area (Å²) in [4.78, 5) is 28.1. The first-order valence-corrected chi connectivity index (χ1v) is 11.9. The number of ether oxygens (including phenoxy) is 2. The maximum atomic E-state index is 13.4. The zero-order chi connectivity index (χ0) is 25.4. The number of Topliss-reactive ketones (excluding diaryl/α,β-unsaturated/α-hetero) is 1. The first-order chi connectivity index (χ1) is 15.8. The minimum absolute atomic E-state index is 0.0423. The van der Waals surface area contributed by atoms with E-state index in [1.165, 1.54) is 0 Å². The lowest BCUT2D eigenvalue weighted by atomic mass is 9.78. The molecule has 34 heavy (non-hydrogen) atoms. The summed E-state index contributed by atoms with van der Waals surface area (Å²) in [6.45, 7) is 17.1. The van der Waals surface area contributed by atoms with Crippen LogP contribution in [0.25, 0.3) is 0 Å². The molecule has 2 aromatic rings. The summed E-state index contributed by atoms with van der Waals surface area (Å²) in [6, 6.07) is 7.08. The van der Waals surface area contributed by atoms with Gasteiger partial charge in [0.15, 0.2) is 17.3 Å². The molecule has 0 radical (unpaired) electrons. The van der Waals surface area contributed by atoms with Crippen molar-refractivity contribution in [1.29, 1.82) is 0 Å². The molecule has 0 aliphatic carbocycles. The van der Waals surface area contributed by atoms with Crippen molar-refractivity contribution in [2.75, 3.05) is 19.8 Å². The Labute approximate surface area is 202 Å². The molecule has 1 aliphatic rings. The predicted octanol–water partition coefficient (Wildman–Crippen LogP) is 5.62. The number of benzene rings is 2. The minimum Gasteiger partial charge on any atom is -0.507 e. The van der Waals surface area contributed by atoms with Crippen LogP contribution in [0.5, 0.6) is 17.2 Å². The van der Waals surface area contributed by atoms with Crippen LogP contribution in [-0.4, -0.2) is 41.5 Å². The molecule has 0 saturated carbocycles. The molecule has 3 rings (SSSR count). The average Bonchev–Trinajstić information content (AvgIpc) is 3.01. The molecule has 0 atom stereocenters. The van der Waals surface area contributed by atoms with Gasteiger partial charge in [0.25, 0.3) is 5.91 Å². The summed E-state index contributed by atoms with van der Waals surface area (Å²) in [7, 11) is 0. The van der Waals surface area contributed by atoms with Crippen molar-refractivity contribution in [2.45, 2.75) is 72.8 Å². The van der Waals surface area contributed by atoms with Gasteiger partial charge < -0.3 is 19.5 Å². The Morgan fingerprint density at radius 3 is 1.88 bits per heavy atom. The molecule has 6 heteroatoms. The summed E-state index contributed by atoms with van der Waals surface area (Å²) in [5, 5.41) is 11.0. The van der Waals surface area contributed by atoms with Gasteiger partial charge in [-0.2, -0.15) is 0 Å². The number of rotatable bonds is 7. The van der Waals surface area contributed by atoms with Gasteiger partial charge in [0, 0.05) is 28.8 Å². The zero-order valence-corrected chi connectivity index (χ0v) is 21.7. The van der Waals surface area contributed by atoms with Gasteiger partial charge in [-0.05, 0) is 54.5 Å². The third-order valence-electron chi connectivity index (χ3n) is 6.03. The number of hydrogen-bond donors (Lipinski definition) is 1. The van der Waals surface area contributed by atoms with Gasteiger partial charge in [0.1, 0.15) is 5.75 Å². The van der Waals surface area contributed by atoms with Gasteiger partial charge in [-0.3, -0.25) is 9.59 Å². The Kier molecular flexibility index (Phi) is 7.02. The lowest BCUT2D eigenvalue weighted by molar-refractivity contribution is 0.0728. The number of ketones is 1. The highest BCUT2D eigenvalue weighted by Crippen LogP contribution is 2.40. The SMILES string of the molecule is CCOc1cc2c(cc1OCC)C(=O)N(CC(=O)c1cc(C(C)(C)C)c(O)c(C(C)(C)C)c1)C2. The van der Waals surface area contributed by atoms with Crippen molar-refractivity contribution < 1.29 is 24.2 Å². The first kappa shape index (κ1) is 25.6. The lowest BCUT2D eigenvalue weighted by Crippen LogP contribution is -2.30. The lowest BCUT2D eigenvalue weighted by Gasteiger charge is -2.28. The number of phenolic OH excluding ortho intramolecular Hbond substituents is 1. The standard InChI is InChI=1S/C28H37NO5/c1-9-33-23-13-18-15-29(26(32)19(18)14-24(23)34-10-2)16-22(30)17-11-20(27(3,4)5)25(31)21(12-17)28(6,7)8/h11-14,31H,9-10,15-16H2,1-8H3. The summed E-state index contributed by atoms with van der Waals surface area (Å²) < 4.78 is 11.4. The van der Waals surface area contributed by atoms with E-state index < -0.39 is 0 Å². The minimum atomic E-state index is -0.342. The quantitative estimate of drug-likeness (QED) is 0.535. The Morgan fingerprint density at radius 2 is 1.41 bits per heavy atom. The molecule has 1 heterocycles. The molecular weight excluding hydrogens is 430 g/mol. The van der Waals surface area contributed by atoms with Gasteiger partial charge in [0.2, 0.25) is 0 Å². The fourth-order valence-electron chi connectivity index (χ4n) is 4.25. The number of aromatic hydroxyl groups is 1.